The van der Waals surface area contributed by atoms with E-state index in [1.54, 1.807) is 29.4 Å². The fourth-order valence-corrected chi connectivity index (χ4v) is 3.92. The number of hydrogen-bond acceptors (Lipinski definition) is 6. The molecular weight excluding hydrogens is 423 g/mol. The van der Waals surface area contributed by atoms with Crippen LogP contribution in [0.3, 0.4) is 0 Å². The van der Waals surface area contributed by atoms with Crippen LogP contribution >= 0.6 is 0 Å². The van der Waals surface area contributed by atoms with E-state index < -0.39 is 11.4 Å². The molecule has 174 valence electrons. The van der Waals surface area contributed by atoms with Crippen molar-refractivity contribution in [3.63, 3.8) is 0 Å². The highest BCUT2D eigenvalue weighted by molar-refractivity contribution is 5.80. The van der Waals surface area contributed by atoms with Gasteiger partial charge in [-0.2, -0.15) is 5.10 Å². The Balaban J connectivity index is 1.49. The Morgan fingerprint density at radius 3 is 2.48 bits per heavy atom. The van der Waals surface area contributed by atoms with Crippen molar-refractivity contribution < 1.29 is 13.9 Å². The molecule has 1 amide bonds. The molecule has 0 atom stereocenters. The fraction of sp³-hybridized carbons (Fsp3) is 0.375. The second-order valence-electron chi connectivity index (χ2n) is 9.30. The Hall–Kier alpha value is -3.62. The zero-order chi connectivity index (χ0) is 23.8. The van der Waals surface area contributed by atoms with Gasteiger partial charge in [-0.15, -0.1) is 0 Å². The second-order valence-corrected chi connectivity index (χ2v) is 9.30. The molecule has 0 radical (unpaired) electrons. The van der Waals surface area contributed by atoms with Crippen LogP contribution in [0, 0.1) is 5.82 Å². The Morgan fingerprint density at radius 1 is 1.09 bits per heavy atom. The highest BCUT2D eigenvalue weighted by Gasteiger charge is 2.28. The first kappa shape index (κ1) is 22.6. The molecule has 2 aromatic heterocycles. The standard InChI is InChI=1S/C24H29FN6O2/c1-24(2,3)33-23(32)30-8-6-18(7-9-30)31-14-16(13-29-31)15-10-20(22(27)28-12-15)19-5-4-17(26)11-21(19)25/h4-5,10-14,18H,6-9,26H2,1-3H3,(H2,27,28). The van der Waals surface area contributed by atoms with E-state index in [-0.39, 0.29) is 18.0 Å². The molecule has 8 nitrogen and oxygen atoms in total. The van der Waals surface area contributed by atoms with Crippen molar-refractivity contribution in [3.8, 4) is 22.3 Å². The third-order valence-electron chi connectivity index (χ3n) is 5.63. The van der Waals surface area contributed by atoms with E-state index in [0.29, 0.717) is 29.9 Å². The number of halogens is 1. The molecule has 1 aliphatic heterocycles. The average molecular weight is 453 g/mol. The lowest BCUT2D eigenvalue weighted by atomic mass is 10.0. The largest absolute Gasteiger partial charge is 0.444 e. The van der Waals surface area contributed by atoms with Crippen molar-refractivity contribution >= 4 is 17.6 Å². The minimum Gasteiger partial charge on any atom is -0.444 e. The van der Waals surface area contributed by atoms with Crippen LogP contribution in [0.2, 0.25) is 0 Å². The Morgan fingerprint density at radius 2 is 1.82 bits per heavy atom. The number of aromatic nitrogens is 3. The number of hydrogen-bond donors (Lipinski definition) is 2. The van der Waals surface area contributed by atoms with Crippen LogP contribution < -0.4 is 11.5 Å². The number of nitrogen functional groups attached to an aromatic ring is 2. The molecule has 0 bridgehead atoms. The number of nitrogens with two attached hydrogens (primary N) is 2. The summed E-state index contributed by atoms with van der Waals surface area (Å²) in [5.41, 5.74) is 14.0. The maximum Gasteiger partial charge on any atom is 0.410 e. The van der Waals surface area contributed by atoms with Crippen LogP contribution in [0.15, 0.2) is 42.9 Å². The minimum atomic E-state index is -0.508. The molecule has 1 aromatic carbocycles. The first-order chi connectivity index (χ1) is 15.6. The zero-order valence-corrected chi connectivity index (χ0v) is 19.1. The Bertz CT molecular complexity index is 1160. The lowest BCUT2D eigenvalue weighted by Crippen LogP contribution is -2.42. The third-order valence-corrected chi connectivity index (χ3v) is 5.63. The van der Waals surface area contributed by atoms with Gasteiger partial charge in [-0.3, -0.25) is 4.68 Å². The van der Waals surface area contributed by atoms with Crippen molar-refractivity contribution in [2.45, 2.75) is 45.3 Å². The number of piperidine rings is 1. The van der Waals surface area contributed by atoms with E-state index in [2.05, 4.69) is 10.1 Å². The molecule has 3 heterocycles. The van der Waals surface area contributed by atoms with Crippen LogP contribution in [0.4, 0.5) is 20.7 Å². The average Bonchev–Trinajstić information content (AvgIpc) is 3.24. The first-order valence-electron chi connectivity index (χ1n) is 10.9. The molecule has 33 heavy (non-hydrogen) atoms. The summed E-state index contributed by atoms with van der Waals surface area (Å²) >= 11 is 0. The lowest BCUT2D eigenvalue weighted by Gasteiger charge is -2.33. The summed E-state index contributed by atoms with van der Waals surface area (Å²) in [4.78, 5) is 18.3. The minimum absolute atomic E-state index is 0.174. The van der Waals surface area contributed by atoms with E-state index in [9.17, 15) is 9.18 Å². The van der Waals surface area contributed by atoms with Gasteiger partial charge in [-0.25, -0.2) is 14.2 Å². The van der Waals surface area contributed by atoms with Gasteiger partial charge in [-0.1, -0.05) is 0 Å². The highest BCUT2D eigenvalue weighted by atomic mass is 19.1. The van der Waals surface area contributed by atoms with Gasteiger partial charge in [0.15, 0.2) is 0 Å². The SMILES string of the molecule is CC(C)(C)OC(=O)N1CCC(n2cc(-c3cnc(N)c(-c4ccc(N)cc4F)c3)cn2)CC1. The molecule has 3 aromatic rings. The summed E-state index contributed by atoms with van der Waals surface area (Å²) in [6.07, 6.45) is 6.64. The van der Waals surface area contributed by atoms with Crippen LogP contribution in [-0.2, 0) is 4.74 Å². The van der Waals surface area contributed by atoms with E-state index >= 15 is 0 Å². The molecular formula is C24H29FN6O2. The molecule has 0 saturated carbocycles. The van der Waals surface area contributed by atoms with Crippen molar-refractivity contribution in [3.05, 3.63) is 48.7 Å². The van der Waals surface area contributed by atoms with E-state index in [4.69, 9.17) is 16.2 Å². The van der Waals surface area contributed by atoms with Gasteiger partial charge in [0.25, 0.3) is 0 Å². The number of likely N-dealkylation sites (tertiary alicyclic amines) is 1. The molecule has 1 saturated heterocycles. The predicted molar refractivity (Wildman–Crippen MR) is 126 cm³/mol. The second kappa shape index (κ2) is 8.73. The number of benzene rings is 1. The van der Waals surface area contributed by atoms with Gasteiger partial charge in [0.2, 0.25) is 0 Å². The maximum absolute atomic E-state index is 14.5. The topological polar surface area (TPSA) is 112 Å². The monoisotopic (exact) mass is 452 g/mol. The van der Waals surface area contributed by atoms with E-state index in [1.807, 2.05) is 37.7 Å². The number of pyridine rings is 1. The number of carbonyl (C=O) groups excluding carboxylic acids is 1. The third kappa shape index (κ3) is 5.08. The van der Waals surface area contributed by atoms with Gasteiger partial charge in [0, 0.05) is 53.4 Å². The number of nitrogens with zero attached hydrogens (tertiary/aromatic N) is 4. The van der Waals surface area contributed by atoms with Gasteiger partial charge < -0.3 is 21.1 Å². The van der Waals surface area contributed by atoms with Crippen molar-refractivity contribution in [2.75, 3.05) is 24.6 Å². The number of carbonyl (C=O) groups is 1. The summed E-state index contributed by atoms with van der Waals surface area (Å²) < 4.78 is 21.8. The normalized spacial score (nSPS) is 15.0. The predicted octanol–water partition coefficient (Wildman–Crippen LogP) is 4.49. The molecule has 9 heteroatoms. The van der Waals surface area contributed by atoms with Crippen molar-refractivity contribution in [1.82, 2.24) is 19.7 Å². The van der Waals surface area contributed by atoms with Crippen LogP contribution in [0.25, 0.3) is 22.3 Å². The number of rotatable bonds is 3. The Labute approximate surface area is 192 Å². The summed E-state index contributed by atoms with van der Waals surface area (Å²) in [5.74, 6) is -0.211. The smallest absolute Gasteiger partial charge is 0.410 e. The Kier molecular flexibility index (Phi) is 5.97. The quantitative estimate of drug-likeness (QED) is 0.566. The van der Waals surface area contributed by atoms with Crippen molar-refractivity contribution in [1.29, 1.82) is 0 Å². The fourth-order valence-electron chi connectivity index (χ4n) is 3.92. The number of ether oxygens (including phenoxy) is 1. The van der Waals surface area contributed by atoms with Gasteiger partial charge in [0.05, 0.1) is 12.2 Å². The molecule has 0 unspecified atom stereocenters. The lowest BCUT2D eigenvalue weighted by molar-refractivity contribution is 0.0185. The zero-order valence-electron chi connectivity index (χ0n) is 19.1. The van der Waals surface area contributed by atoms with Gasteiger partial charge in [0.1, 0.15) is 17.2 Å². The summed E-state index contributed by atoms with van der Waals surface area (Å²) in [7, 11) is 0. The molecule has 0 aliphatic carbocycles. The number of anilines is 2. The molecule has 4 rings (SSSR count). The first-order valence-corrected chi connectivity index (χ1v) is 10.9. The number of amides is 1. The van der Waals surface area contributed by atoms with Crippen LogP contribution in [0.1, 0.15) is 39.7 Å². The van der Waals surface area contributed by atoms with Crippen molar-refractivity contribution in [2.24, 2.45) is 0 Å². The summed E-state index contributed by atoms with van der Waals surface area (Å²) in [6.45, 7) is 6.81. The summed E-state index contributed by atoms with van der Waals surface area (Å²) in [5, 5.41) is 4.53. The van der Waals surface area contributed by atoms with Crippen LogP contribution in [0.5, 0.6) is 0 Å². The van der Waals surface area contributed by atoms with Crippen LogP contribution in [-0.4, -0.2) is 44.4 Å². The van der Waals surface area contributed by atoms with Gasteiger partial charge in [-0.05, 0) is 57.9 Å². The van der Waals surface area contributed by atoms with Gasteiger partial charge >= 0.3 is 6.09 Å². The van der Waals surface area contributed by atoms with E-state index in [1.165, 1.54) is 6.07 Å². The van der Waals surface area contributed by atoms with E-state index in [0.717, 1.165) is 24.0 Å². The molecule has 4 N–H and O–H groups in total. The molecule has 1 fully saturated rings. The molecule has 0 spiro atoms. The molecule has 1 aliphatic rings. The maximum atomic E-state index is 14.5. The summed E-state index contributed by atoms with van der Waals surface area (Å²) in [6, 6.07) is 6.48. The highest BCUT2D eigenvalue weighted by Crippen LogP contribution is 2.33.